The molecule has 0 aromatic heterocycles. The van der Waals surface area contributed by atoms with Gasteiger partial charge in [0, 0.05) is 10.7 Å². The summed E-state index contributed by atoms with van der Waals surface area (Å²) in [6.45, 7) is 1.58. The van der Waals surface area contributed by atoms with Gasteiger partial charge in [-0.25, -0.2) is 8.42 Å². The van der Waals surface area contributed by atoms with Crippen molar-refractivity contribution >= 4 is 50.5 Å². The summed E-state index contributed by atoms with van der Waals surface area (Å²) in [6.07, 6.45) is -0.829. The molecule has 30 heavy (non-hydrogen) atoms. The monoisotopic (exact) mass is 464 g/mol. The average Bonchev–Trinajstić information content (AvgIpc) is 2.70. The summed E-state index contributed by atoms with van der Waals surface area (Å²) < 4.78 is 33.4. The van der Waals surface area contributed by atoms with Crippen molar-refractivity contribution in [3.63, 3.8) is 0 Å². The van der Waals surface area contributed by atoms with Crippen molar-refractivity contribution in [2.24, 2.45) is 0 Å². The summed E-state index contributed by atoms with van der Waals surface area (Å²) in [5.41, 5.74) is 0.570. The minimum absolute atomic E-state index is 0.0244. The Morgan fingerprint density at radius 3 is 2.43 bits per heavy atom. The molecule has 0 aliphatic carbocycles. The SMILES string of the molecule is CC(Oc1cccc(Cl)c1)C(=O)Nc1cccc(S(=O)(=O)Nc2ccccc2Cl)c1. The van der Waals surface area contributed by atoms with E-state index < -0.39 is 22.0 Å². The number of hydrogen-bond donors (Lipinski definition) is 2. The predicted octanol–water partition coefficient (Wildman–Crippen LogP) is 5.20. The second-order valence-corrected chi connectivity index (χ2v) is 8.85. The Kier molecular flexibility index (Phi) is 6.87. The van der Waals surface area contributed by atoms with Gasteiger partial charge in [-0.3, -0.25) is 9.52 Å². The van der Waals surface area contributed by atoms with Gasteiger partial charge in [0.25, 0.3) is 15.9 Å². The Morgan fingerprint density at radius 1 is 0.967 bits per heavy atom. The molecule has 0 fully saturated rings. The number of benzene rings is 3. The molecule has 1 unspecified atom stereocenters. The fourth-order valence-electron chi connectivity index (χ4n) is 2.53. The van der Waals surface area contributed by atoms with E-state index in [1.165, 1.54) is 18.2 Å². The van der Waals surface area contributed by atoms with Crippen molar-refractivity contribution in [2.45, 2.75) is 17.9 Å². The number of halogens is 2. The summed E-state index contributed by atoms with van der Waals surface area (Å²) in [7, 11) is -3.90. The van der Waals surface area contributed by atoms with Crippen LogP contribution in [-0.4, -0.2) is 20.4 Å². The summed E-state index contributed by atoms with van der Waals surface area (Å²) >= 11 is 11.9. The minimum atomic E-state index is -3.90. The number of ether oxygens (including phenoxy) is 1. The number of amides is 1. The molecule has 0 aliphatic heterocycles. The zero-order valence-electron chi connectivity index (χ0n) is 15.8. The first kappa shape index (κ1) is 22.0. The number of para-hydroxylation sites is 1. The van der Waals surface area contributed by atoms with Gasteiger partial charge in [-0.2, -0.15) is 0 Å². The molecule has 0 saturated heterocycles. The Hall–Kier alpha value is -2.74. The lowest BCUT2D eigenvalue weighted by atomic mass is 10.3. The van der Waals surface area contributed by atoms with Crippen LogP contribution >= 0.6 is 23.2 Å². The highest BCUT2D eigenvalue weighted by Gasteiger charge is 2.19. The number of hydrogen-bond acceptors (Lipinski definition) is 4. The number of rotatable bonds is 7. The van der Waals surface area contributed by atoms with Crippen LogP contribution in [0.5, 0.6) is 5.75 Å². The first-order chi connectivity index (χ1) is 14.2. The molecule has 0 aliphatic rings. The van der Waals surface area contributed by atoms with E-state index in [-0.39, 0.29) is 15.6 Å². The Labute approximate surface area is 184 Å². The lowest BCUT2D eigenvalue weighted by Gasteiger charge is -2.15. The van der Waals surface area contributed by atoms with Crippen molar-refractivity contribution in [3.8, 4) is 5.75 Å². The average molecular weight is 465 g/mol. The van der Waals surface area contributed by atoms with Crippen LogP contribution in [0.25, 0.3) is 0 Å². The first-order valence-corrected chi connectivity index (χ1v) is 11.1. The van der Waals surface area contributed by atoms with Gasteiger partial charge < -0.3 is 10.1 Å². The summed E-state index contributed by atoms with van der Waals surface area (Å²) in [4.78, 5) is 12.4. The molecule has 0 saturated carbocycles. The van der Waals surface area contributed by atoms with Crippen LogP contribution in [0, 0.1) is 0 Å². The van der Waals surface area contributed by atoms with E-state index in [9.17, 15) is 13.2 Å². The molecule has 3 rings (SSSR count). The molecule has 3 aromatic carbocycles. The molecular weight excluding hydrogens is 447 g/mol. The topological polar surface area (TPSA) is 84.5 Å². The van der Waals surface area contributed by atoms with Gasteiger partial charge in [-0.1, -0.05) is 47.5 Å². The van der Waals surface area contributed by atoms with Crippen molar-refractivity contribution in [1.29, 1.82) is 0 Å². The molecule has 1 atom stereocenters. The maximum atomic E-state index is 12.7. The second kappa shape index (κ2) is 9.38. The molecule has 1 amide bonds. The van der Waals surface area contributed by atoms with Crippen LogP contribution in [0.15, 0.2) is 77.7 Å². The summed E-state index contributed by atoms with van der Waals surface area (Å²) in [5.74, 6) is 0.00834. The standard InChI is InChI=1S/C21H18Cl2N2O4S/c1-14(29-17-8-4-6-15(22)12-17)21(26)24-16-7-5-9-18(13-16)30(27,28)25-20-11-3-2-10-19(20)23/h2-14,25H,1H3,(H,24,26). The third-order valence-electron chi connectivity index (χ3n) is 4.01. The molecular formula is C21H18Cl2N2O4S. The van der Waals surface area contributed by atoms with E-state index in [4.69, 9.17) is 27.9 Å². The third-order valence-corrected chi connectivity index (χ3v) is 5.94. The van der Waals surface area contributed by atoms with E-state index in [0.717, 1.165) is 0 Å². The zero-order valence-corrected chi connectivity index (χ0v) is 18.1. The van der Waals surface area contributed by atoms with Crippen molar-refractivity contribution in [1.82, 2.24) is 0 Å². The molecule has 9 heteroatoms. The largest absolute Gasteiger partial charge is 0.481 e. The molecule has 6 nitrogen and oxygen atoms in total. The van der Waals surface area contributed by atoms with E-state index >= 15 is 0 Å². The van der Waals surface area contributed by atoms with Gasteiger partial charge in [0.15, 0.2) is 6.10 Å². The lowest BCUT2D eigenvalue weighted by molar-refractivity contribution is -0.122. The minimum Gasteiger partial charge on any atom is -0.481 e. The van der Waals surface area contributed by atoms with Crippen LogP contribution in [0.4, 0.5) is 11.4 Å². The molecule has 0 heterocycles. The third kappa shape index (κ3) is 5.66. The molecule has 0 bridgehead atoms. The number of sulfonamides is 1. The van der Waals surface area contributed by atoms with Gasteiger partial charge in [-0.05, 0) is 55.5 Å². The fraction of sp³-hybridized carbons (Fsp3) is 0.0952. The van der Waals surface area contributed by atoms with Crippen molar-refractivity contribution in [2.75, 3.05) is 10.0 Å². The van der Waals surface area contributed by atoms with Crippen LogP contribution in [-0.2, 0) is 14.8 Å². The van der Waals surface area contributed by atoms with Crippen LogP contribution in [0.3, 0.4) is 0 Å². The van der Waals surface area contributed by atoms with E-state index in [1.54, 1.807) is 61.5 Å². The van der Waals surface area contributed by atoms with Gasteiger partial charge in [-0.15, -0.1) is 0 Å². The van der Waals surface area contributed by atoms with Crippen LogP contribution < -0.4 is 14.8 Å². The Balaban J connectivity index is 1.71. The highest BCUT2D eigenvalue weighted by molar-refractivity contribution is 7.92. The van der Waals surface area contributed by atoms with E-state index in [2.05, 4.69) is 10.0 Å². The number of anilines is 2. The highest BCUT2D eigenvalue weighted by atomic mass is 35.5. The number of carbonyl (C=O) groups excluding carboxylic acids is 1. The maximum Gasteiger partial charge on any atom is 0.265 e. The predicted molar refractivity (Wildman–Crippen MR) is 119 cm³/mol. The van der Waals surface area contributed by atoms with Crippen molar-refractivity contribution < 1.29 is 17.9 Å². The normalized spacial score (nSPS) is 12.1. The molecule has 0 spiro atoms. The van der Waals surface area contributed by atoms with E-state index in [0.29, 0.717) is 16.5 Å². The zero-order chi connectivity index (χ0) is 21.7. The smallest absolute Gasteiger partial charge is 0.265 e. The second-order valence-electron chi connectivity index (χ2n) is 6.32. The van der Waals surface area contributed by atoms with Gasteiger partial charge in [0.2, 0.25) is 0 Å². The van der Waals surface area contributed by atoms with Gasteiger partial charge in [0.1, 0.15) is 5.75 Å². The molecule has 0 radical (unpaired) electrons. The quantitative estimate of drug-likeness (QED) is 0.503. The first-order valence-electron chi connectivity index (χ1n) is 8.85. The Bertz CT molecular complexity index is 1170. The lowest BCUT2D eigenvalue weighted by Crippen LogP contribution is -2.30. The van der Waals surface area contributed by atoms with Gasteiger partial charge >= 0.3 is 0 Å². The van der Waals surface area contributed by atoms with Crippen LogP contribution in [0.1, 0.15) is 6.92 Å². The number of nitrogens with one attached hydrogen (secondary N) is 2. The fourth-order valence-corrected chi connectivity index (χ4v) is 4.07. The maximum absolute atomic E-state index is 12.7. The summed E-state index contributed by atoms with van der Waals surface area (Å²) in [5, 5.41) is 3.41. The molecule has 2 N–H and O–H groups in total. The molecule has 3 aromatic rings. The van der Waals surface area contributed by atoms with Gasteiger partial charge in [0.05, 0.1) is 15.6 Å². The molecule has 156 valence electrons. The highest BCUT2D eigenvalue weighted by Crippen LogP contribution is 2.25. The van der Waals surface area contributed by atoms with Crippen molar-refractivity contribution in [3.05, 3.63) is 82.8 Å². The number of carbonyl (C=O) groups is 1. The Morgan fingerprint density at radius 2 is 1.70 bits per heavy atom. The van der Waals surface area contributed by atoms with E-state index in [1.807, 2.05) is 0 Å². The van der Waals surface area contributed by atoms with Crippen LogP contribution in [0.2, 0.25) is 10.0 Å². The summed E-state index contributed by atoms with van der Waals surface area (Å²) in [6, 6.07) is 19.1.